The molecular weight excluding hydrogens is 292 g/mol. The molecule has 1 N–H and O–H groups in total. The zero-order valence-corrected chi connectivity index (χ0v) is 14.3. The number of carbonyl (C=O) groups excluding carboxylic acids is 1. The smallest absolute Gasteiger partial charge is 0.231 e. The van der Waals surface area contributed by atoms with E-state index in [0.29, 0.717) is 5.88 Å². The van der Waals surface area contributed by atoms with Crippen LogP contribution in [0.1, 0.15) is 45.9 Å². The molecule has 0 saturated carbocycles. The third kappa shape index (κ3) is 5.13. The molecule has 1 heterocycles. The lowest BCUT2D eigenvalue weighted by Crippen LogP contribution is -2.14. The van der Waals surface area contributed by atoms with Crippen LogP contribution in [0.25, 0.3) is 0 Å². The van der Waals surface area contributed by atoms with Crippen LogP contribution in [0.15, 0.2) is 34.9 Å². The summed E-state index contributed by atoms with van der Waals surface area (Å²) < 4.78 is 10.7. The zero-order valence-electron chi connectivity index (χ0n) is 14.3. The second-order valence-corrected chi connectivity index (χ2v) is 6.86. The second-order valence-electron chi connectivity index (χ2n) is 6.86. The molecule has 23 heavy (non-hydrogen) atoms. The van der Waals surface area contributed by atoms with Crippen LogP contribution in [0.4, 0.5) is 5.88 Å². The van der Waals surface area contributed by atoms with Gasteiger partial charge in [0.05, 0.1) is 18.2 Å². The van der Waals surface area contributed by atoms with Crippen LogP contribution in [0.5, 0.6) is 5.75 Å². The molecule has 0 aliphatic rings. The van der Waals surface area contributed by atoms with E-state index in [1.165, 1.54) is 0 Å². The summed E-state index contributed by atoms with van der Waals surface area (Å²) in [5.41, 5.74) is 1.61. The first-order valence-electron chi connectivity index (χ1n) is 7.76. The maximum Gasteiger partial charge on any atom is 0.231 e. The number of hydrogen-bond acceptors (Lipinski definition) is 4. The fourth-order valence-electron chi connectivity index (χ4n) is 2.01. The lowest BCUT2D eigenvalue weighted by Gasteiger charge is -2.12. The van der Waals surface area contributed by atoms with Gasteiger partial charge in [0, 0.05) is 11.5 Å². The Kier molecular flexibility index (Phi) is 5.08. The molecule has 5 nitrogen and oxygen atoms in total. The van der Waals surface area contributed by atoms with Gasteiger partial charge in [-0.1, -0.05) is 38.1 Å². The molecule has 1 aromatic carbocycles. The Morgan fingerprint density at radius 1 is 1.26 bits per heavy atom. The Bertz CT molecular complexity index is 652. The Hall–Kier alpha value is -2.30. The summed E-state index contributed by atoms with van der Waals surface area (Å²) in [5.74, 6) is 1.04. The Morgan fingerprint density at radius 2 is 1.91 bits per heavy atom. The molecule has 0 aliphatic heterocycles. The number of nitrogens with one attached hydrogen (secondary N) is 1. The minimum absolute atomic E-state index is 0.112. The van der Waals surface area contributed by atoms with Crippen molar-refractivity contribution in [1.82, 2.24) is 5.16 Å². The monoisotopic (exact) mass is 316 g/mol. The van der Waals surface area contributed by atoms with Gasteiger partial charge in [0.25, 0.3) is 0 Å². The number of hydrogen-bond donors (Lipinski definition) is 1. The Balaban J connectivity index is 1.93. The fourth-order valence-corrected chi connectivity index (χ4v) is 2.01. The van der Waals surface area contributed by atoms with Crippen molar-refractivity contribution in [3.05, 3.63) is 41.6 Å². The second kappa shape index (κ2) is 6.86. The van der Waals surface area contributed by atoms with E-state index >= 15 is 0 Å². The largest absolute Gasteiger partial charge is 0.491 e. The number of amides is 1. The first kappa shape index (κ1) is 17.1. The number of anilines is 1. The van der Waals surface area contributed by atoms with E-state index in [9.17, 15) is 4.79 Å². The summed E-state index contributed by atoms with van der Waals surface area (Å²) in [4.78, 5) is 12.1. The summed E-state index contributed by atoms with van der Waals surface area (Å²) in [6.07, 6.45) is 0.403. The van der Waals surface area contributed by atoms with E-state index in [1.54, 1.807) is 6.07 Å². The van der Waals surface area contributed by atoms with Gasteiger partial charge in [0.15, 0.2) is 0 Å². The maximum absolute atomic E-state index is 12.1. The molecule has 2 aromatic rings. The highest BCUT2D eigenvalue weighted by atomic mass is 16.5. The number of rotatable bonds is 5. The van der Waals surface area contributed by atoms with Crippen LogP contribution in [0.2, 0.25) is 0 Å². The SMILES string of the molecule is CC(C)Oc1ccc(CC(=O)Nc2cc(C(C)(C)C)no2)cc1. The highest BCUT2D eigenvalue weighted by Crippen LogP contribution is 2.23. The predicted molar refractivity (Wildman–Crippen MR) is 89.7 cm³/mol. The van der Waals surface area contributed by atoms with Crippen molar-refractivity contribution in [2.45, 2.75) is 52.6 Å². The standard InChI is InChI=1S/C18H24N2O3/c1-12(2)22-14-8-6-13(7-9-14)10-16(21)19-17-11-15(20-23-17)18(3,4)5/h6-9,11-12H,10H2,1-5H3,(H,19,21). The van der Waals surface area contributed by atoms with Crippen LogP contribution < -0.4 is 10.1 Å². The summed E-state index contributed by atoms with van der Waals surface area (Å²) in [6, 6.07) is 9.28. The molecule has 0 unspecified atom stereocenters. The molecule has 1 aromatic heterocycles. The quantitative estimate of drug-likeness (QED) is 0.907. The van der Waals surface area contributed by atoms with Gasteiger partial charge >= 0.3 is 0 Å². The first-order valence-corrected chi connectivity index (χ1v) is 7.76. The minimum atomic E-state index is -0.140. The minimum Gasteiger partial charge on any atom is -0.491 e. The highest BCUT2D eigenvalue weighted by Gasteiger charge is 2.19. The Labute approximate surface area is 137 Å². The summed E-state index contributed by atoms with van der Waals surface area (Å²) in [7, 11) is 0. The first-order chi connectivity index (χ1) is 10.7. The van der Waals surface area contributed by atoms with Crippen LogP contribution >= 0.6 is 0 Å². The van der Waals surface area contributed by atoms with Crippen molar-refractivity contribution in [3.63, 3.8) is 0 Å². The van der Waals surface area contributed by atoms with E-state index in [1.807, 2.05) is 58.9 Å². The summed E-state index contributed by atoms with van der Waals surface area (Å²) in [5, 5.41) is 6.71. The van der Waals surface area contributed by atoms with Gasteiger partial charge in [-0.05, 0) is 31.5 Å². The normalized spacial score (nSPS) is 11.6. The van der Waals surface area contributed by atoms with Crippen LogP contribution in [-0.2, 0) is 16.6 Å². The topological polar surface area (TPSA) is 64.4 Å². The summed E-state index contributed by atoms with van der Waals surface area (Å²) >= 11 is 0. The predicted octanol–water partition coefficient (Wildman–Crippen LogP) is 3.94. The number of nitrogens with zero attached hydrogens (tertiary/aromatic N) is 1. The lowest BCUT2D eigenvalue weighted by molar-refractivity contribution is -0.115. The van der Waals surface area contributed by atoms with Gasteiger partial charge in [-0.15, -0.1) is 0 Å². The number of carbonyl (C=O) groups is 1. The number of ether oxygens (including phenoxy) is 1. The van der Waals surface area contributed by atoms with Gasteiger partial charge in [0.2, 0.25) is 11.8 Å². The van der Waals surface area contributed by atoms with Crippen molar-refractivity contribution in [2.75, 3.05) is 5.32 Å². The highest BCUT2D eigenvalue weighted by molar-refractivity contribution is 5.91. The average Bonchev–Trinajstić information content (AvgIpc) is 2.89. The molecule has 2 rings (SSSR count). The van der Waals surface area contributed by atoms with Crippen molar-refractivity contribution in [2.24, 2.45) is 0 Å². The summed E-state index contributed by atoms with van der Waals surface area (Å²) in [6.45, 7) is 10.1. The van der Waals surface area contributed by atoms with Crippen LogP contribution in [0, 0.1) is 0 Å². The molecule has 0 saturated heterocycles. The van der Waals surface area contributed by atoms with Gasteiger partial charge in [-0.3, -0.25) is 10.1 Å². The van der Waals surface area contributed by atoms with E-state index < -0.39 is 0 Å². The molecule has 0 bridgehead atoms. The number of aromatic nitrogens is 1. The third-order valence-corrected chi connectivity index (χ3v) is 3.20. The van der Waals surface area contributed by atoms with E-state index in [-0.39, 0.29) is 23.8 Å². The molecule has 0 radical (unpaired) electrons. The molecule has 0 fully saturated rings. The maximum atomic E-state index is 12.1. The molecule has 124 valence electrons. The van der Waals surface area contributed by atoms with E-state index in [0.717, 1.165) is 17.0 Å². The zero-order chi connectivity index (χ0) is 17.0. The van der Waals surface area contributed by atoms with Crippen LogP contribution in [-0.4, -0.2) is 17.2 Å². The Morgan fingerprint density at radius 3 is 2.43 bits per heavy atom. The molecule has 1 amide bonds. The van der Waals surface area contributed by atoms with Gasteiger partial charge in [-0.25, -0.2) is 0 Å². The lowest BCUT2D eigenvalue weighted by atomic mass is 9.92. The van der Waals surface area contributed by atoms with Crippen molar-refractivity contribution < 1.29 is 14.1 Å². The van der Waals surface area contributed by atoms with Gasteiger partial charge < -0.3 is 9.26 Å². The molecular formula is C18H24N2O3. The van der Waals surface area contributed by atoms with Gasteiger partial charge in [0.1, 0.15) is 5.75 Å². The van der Waals surface area contributed by atoms with Crippen molar-refractivity contribution in [1.29, 1.82) is 0 Å². The third-order valence-electron chi connectivity index (χ3n) is 3.20. The molecule has 0 atom stereocenters. The van der Waals surface area contributed by atoms with Gasteiger partial charge in [-0.2, -0.15) is 0 Å². The molecule has 0 aliphatic carbocycles. The fraction of sp³-hybridized carbons (Fsp3) is 0.444. The van der Waals surface area contributed by atoms with Crippen molar-refractivity contribution in [3.8, 4) is 5.75 Å². The van der Waals surface area contributed by atoms with E-state index in [2.05, 4.69) is 10.5 Å². The average molecular weight is 316 g/mol. The van der Waals surface area contributed by atoms with Crippen molar-refractivity contribution >= 4 is 11.8 Å². The molecule has 5 heteroatoms. The van der Waals surface area contributed by atoms with Crippen LogP contribution in [0.3, 0.4) is 0 Å². The van der Waals surface area contributed by atoms with E-state index in [4.69, 9.17) is 9.26 Å². The molecule has 0 spiro atoms. The number of benzene rings is 1.